The van der Waals surface area contributed by atoms with Crippen LogP contribution in [0.2, 0.25) is 0 Å². The fraction of sp³-hybridized carbons (Fsp3) is 0.588. The molecule has 0 saturated carbocycles. The van der Waals surface area contributed by atoms with Crippen LogP contribution in [0.5, 0.6) is 5.75 Å². The molecule has 1 atom stereocenters. The number of carbonyl (C=O) groups is 1. The SMILES string of the molecule is COc1ccc([C@H](CC(C)=O)B2OC(C)(C)C(C)(C)O2)cc1. The third kappa shape index (κ3) is 3.36. The Morgan fingerprint density at radius 3 is 2.05 bits per heavy atom. The van der Waals surface area contributed by atoms with Crippen LogP contribution in [-0.4, -0.2) is 31.2 Å². The van der Waals surface area contributed by atoms with Crippen molar-refractivity contribution in [1.82, 2.24) is 0 Å². The second-order valence-electron chi connectivity index (χ2n) is 6.91. The van der Waals surface area contributed by atoms with Crippen LogP contribution < -0.4 is 4.74 Å². The summed E-state index contributed by atoms with van der Waals surface area (Å²) in [4.78, 5) is 11.7. The first-order chi connectivity index (χ1) is 10.2. The maximum Gasteiger partial charge on any atom is 0.466 e. The van der Waals surface area contributed by atoms with Crippen LogP contribution in [0.3, 0.4) is 0 Å². The molecule has 0 unspecified atom stereocenters. The van der Waals surface area contributed by atoms with Crippen LogP contribution in [0.1, 0.15) is 52.4 Å². The first kappa shape index (κ1) is 17.0. The van der Waals surface area contributed by atoms with Gasteiger partial charge in [0, 0.05) is 12.2 Å². The summed E-state index contributed by atoms with van der Waals surface area (Å²) in [5.41, 5.74) is 0.215. The first-order valence-electron chi connectivity index (χ1n) is 7.65. The van der Waals surface area contributed by atoms with E-state index in [9.17, 15) is 4.79 Å². The maximum absolute atomic E-state index is 11.7. The third-order valence-corrected chi connectivity index (χ3v) is 4.65. The zero-order valence-electron chi connectivity index (χ0n) is 14.3. The second kappa shape index (κ2) is 6.05. The summed E-state index contributed by atoms with van der Waals surface area (Å²) < 4.78 is 17.5. The fourth-order valence-electron chi connectivity index (χ4n) is 2.58. The monoisotopic (exact) mass is 304 g/mol. The normalized spacial score (nSPS) is 20.7. The highest BCUT2D eigenvalue weighted by Crippen LogP contribution is 2.41. The van der Waals surface area contributed by atoms with E-state index in [1.807, 2.05) is 52.0 Å². The van der Waals surface area contributed by atoms with Gasteiger partial charge in [-0.15, -0.1) is 0 Å². The number of benzene rings is 1. The minimum Gasteiger partial charge on any atom is -0.497 e. The Kier molecular flexibility index (Phi) is 4.69. The van der Waals surface area contributed by atoms with Crippen molar-refractivity contribution >= 4 is 12.9 Å². The van der Waals surface area contributed by atoms with Crippen LogP contribution >= 0.6 is 0 Å². The summed E-state index contributed by atoms with van der Waals surface area (Å²) in [6, 6.07) is 7.73. The molecular formula is C17H25BO4. The van der Waals surface area contributed by atoms with Gasteiger partial charge in [0.05, 0.1) is 18.3 Å². The van der Waals surface area contributed by atoms with Crippen LogP contribution in [0.15, 0.2) is 24.3 Å². The van der Waals surface area contributed by atoms with Crippen molar-refractivity contribution in [3.05, 3.63) is 29.8 Å². The Bertz CT molecular complexity index is 520. The Balaban J connectivity index is 2.29. The van der Waals surface area contributed by atoms with E-state index in [-0.39, 0.29) is 11.6 Å². The molecule has 5 heteroatoms. The predicted molar refractivity (Wildman–Crippen MR) is 87.1 cm³/mol. The lowest BCUT2D eigenvalue weighted by atomic mass is 9.65. The number of ether oxygens (including phenoxy) is 1. The summed E-state index contributed by atoms with van der Waals surface area (Å²) in [7, 11) is 1.21. The fourth-order valence-corrected chi connectivity index (χ4v) is 2.58. The first-order valence-corrected chi connectivity index (χ1v) is 7.65. The van der Waals surface area contributed by atoms with E-state index in [1.54, 1.807) is 14.0 Å². The maximum atomic E-state index is 11.7. The zero-order chi connectivity index (χ0) is 16.5. The highest BCUT2D eigenvalue weighted by molar-refractivity contribution is 6.48. The Morgan fingerprint density at radius 1 is 1.14 bits per heavy atom. The zero-order valence-corrected chi connectivity index (χ0v) is 14.3. The average molecular weight is 304 g/mol. The molecule has 0 amide bonds. The van der Waals surface area contributed by atoms with E-state index in [0.29, 0.717) is 6.42 Å². The number of hydrogen-bond acceptors (Lipinski definition) is 4. The number of ketones is 1. The molecule has 0 radical (unpaired) electrons. The molecule has 0 N–H and O–H groups in total. The highest BCUT2D eigenvalue weighted by Gasteiger charge is 2.54. The van der Waals surface area contributed by atoms with E-state index in [4.69, 9.17) is 14.0 Å². The van der Waals surface area contributed by atoms with Gasteiger partial charge in [0.15, 0.2) is 0 Å². The van der Waals surface area contributed by atoms with Crippen molar-refractivity contribution in [1.29, 1.82) is 0 Å². The highest BCUT2D eigenvalue weighted by atomic mass is 16.7. The number of carbonyl (C=O) groups excluding carboxylic acids is 1. The van der Waals surface area contributed by atoms with Crippen molar-refractivity contribution in [2.45, 2.75) is 58.1 Å². The summed E-state index contributed by atoms with van der Waals surface area (Å²) in [5, 5.41) is 0. The Hall–Kier alpha value is -1.33. The third-order valence-electron chi connectivity index (χ3n) is 4.65. The molecule has 120 valence electrons. The van der Waals surface area contributed by atoms with Crippen molar-refractivity contribution in [2.75, 3.05) is 7.11 Å². The van der Waals surface area contributed by atoms with E-state index in [0.717, 1.165) is 11.3 Å². The van der Waals surface area contributed by atoms with Gasteiger partial charge in [-0.25, -0.2) is 0 Å². The van der Waals surface area contributed by atoms with Gasteiger partial charge in [0.1, 0.15) is 11.5 Å². The Labute approximate surface area is 133 Å². The summed E-state index contributed by atoms with van der Waals surface area (Å²) >= 11 is 0. The molecule has 1 aliphatic rings. The molecule has 1 aromatic carbocycles. The van der Waals surface area contributed by atoms with E-state index >= 15 is 0 Å². The lowest BCUT2D eigenvalue weighted by molar-refractivity contribution is -0.117. The van der Waals surface area contributed by atoms with Crippen LogP contribution in [0, 0.1) is 0 Å². The molecule has 22 heavy (non-hydrogen) atoms. The number of hydrogen-bond donors (Lipinski definition) is 0. The topological polar surface area (TPSA) is 44.8 Å². The number of rotatable bonds is 5. The standard InChI is InChI=1S/C17H25BO4/c1-12(19)11-15(13-7-9-14(20-6)10-8-13)18-21-16(2,3)17(4,5)22-18/h7-10,15H,11H2,1-6H3/t15-/m0/s1. The molecule has 0 spiro atoms. The van der Waals surface area contributed by atoms with Gasteiger partial charge in [-0.2, -0.15) is 0 Å². The predicted octanol–water partition coefficient (Wildman–Crippen LogP) is 3.39. The van der Waals surface area contributed by atoms with Gasteiger partial charge < -0.3 is 18.8 Å². The van der Waals surface area contributed by atoms with Crippen molar-refractivity contribution in [2.24, 2.45) is 0 Å². The van der Waals surface area contributed by atoms with Crippen molar-refractivity contribution in [3.8, 4) is 5.75 Å². The van der Waals surface area contributed by atoms with Crippen molar-refractivity contribution < 1.29 is 18.8 Å². The van der Waals surface area contributed by atoms with Gasteiger partial charge in [-0.3, -0.25) is 0 Å². The molecule has 1 aromatic rings. The lowest BCUT2D eigenvalue weighted by Gasteiger charge is -2.32. The number of Topliss-reactive ketones (excluding diaryl/α,β-unsaturated/α-hetero) is 1. The molecule has 1 heterocycles. The van der Waals surface area contributed by atoms with Gasteiger partial charge in [-0.05, 0) is 52.3 Å². The van der Waals surface area contributed by atoms with Gasteiger partial charge in [0.25, 0.3) is 0 Å². The second-order valence-corrected chi connectivity index (χ2v) is 6.91. The van der Waals surface area contributed by atoms with Crippen molar-refractivity contribution in [3.63, 3.8) is 0 Å². The Morgan fingerprint density at radius 2 is 1.64 bits per heavy atom. The largest absolute Gasteiger partial charge is 0.497 e. The van der Waals surface area contributed by atoms with E-state index in [2.05, 4.69) is 0 Å². The molecule has 0 aromatic heterocycles. The lowest BCUT2D eigenvalue weighted by Crippen LogP contribution is -2.41. The quantitative estimate of drug-likeness (QED) is 0.782. The molecule has 0 aliphatic carbocycles. The van der Waals surface area contributed by atoms with Crippen LogP contribution in [0.25, 0.3) is 0 Å². The van der Waals surface area contributed by atoms with E-state index in [1.165, 1.54) is 0 Å². The van der Waals surface area contributed by atoms with Gasteiger partial charge >= 0.3 is 7.12 Å². The smallest absolute Gasteiger partial charge is 0.466 e. The van der Waals surface area contributed by atoms with Crippen LogP contribution in [-0.2, 0) is 14.1 Å². The van der Waals surface area contributed by atoms with Gasteiger partial charge in [-0.1, -0.05) is 12.1 Å². The summed E-state index contributed by atoms with van der Waals surface area (Å²) in [5.74, 6) is 0.791. The average Bonchev–Trinajstić information content (AvgIpc) is 2.64. The minimum absolute atomic E-state index is 0.121. The molecule has 1 aliphatic heterocycles. The number of methoxy groups -OCH3 is 1. The molecule has 2 rings (SSSR count). The summed E-state index contributed by atoms with van der Waals surface area (Å²) in [6.45, 7) is 9.68. The summed E-state index contributed by atoms with van der Waals surface area (Å²) in [6.07, 6.45) is 0.392. The molecular weight excluding hydrogens is 279 g/mol. The molecule has 1 fully saturated rings. The van der Waals surface area contributed by atoms with Gasteiger partial charge in [0.2, 0.25) is 0 Å². The van der Waals surface area contributed by atoms with E-state index < -0.39 is 18.3 Å². The molecule has 1 saturated heterocycles. The van der Waals surface area contributed by atoms with Crippen LogP contribution in [0.4, 0.5) is 0 Å². The minimum atomic E-state index is -0.428. The molecule has 4 nitrogen and oxygen atoms in total. The molecule has 0 bridgehead atoms.